The first-order chi connectivity index (χ1) is 18.6. The summed E-state index contributed by atoms with van der Waals surface area (Å²) in [5.41, 5.74) is 2.72. The summed E-state index contributed by atoms with van der Waals surface area (Å²) in [6, 6.07) is 14.1. The Labute approximate surface area is 233 Å². The fourth-order valence-electron chi connectivity index (χ4n) is 6.58. The third-order valence-electron chi connectivity index (χ3n) is 9.71. The average Bonchev–Trinajstić information content (AvgIpc) is 2.94. The summed E-state index contributed by atoms with van der Waals surface area (Å²) >= 11 is 0. The molecule has 0 N–H and O–H groups in total. The number of likely N-dealkylation sites (tertiary alicyclic amines) is 2. The molecule has 0 aromatic heterocycles. The first kappa shape index (κ1) is 29.2. The van der Waals surface area contributed by atoms with E-state index < -0.39 is 0 Å². The predicted octanol–water partition coefficient (Wildman–Crippen LogP) is 6.17. The lowest BCUT2D eigenvalue weighted by atomic mass is 9.85. The van der Waals surface area contributed by atoms with Gasteiger partial charge in [-0.2, -0.15) is 0 Å². The van der Waals surface area contributed by atoms with Crippen LogP contribution in [0.5, 0.6) is 0 Å². The molecule has 8 nitrogen and oxygen atoms in total. The van der Waals surface area contributed by atoms with Crippen LogP contribution in [0.4, 0.5) is 11.4 Å². The van der Waals surface area contributed by atoms with Gasteiger partial charge in [0.25, 0.3) is 11.4 Å². The highest BCUT2D eigenvalue weighted by atomic mass is 16.6. The van der Waals surface area contributed by atoms with Crippen LogP contribution in [0.1, 0.15) is 56.1 Å². The number of piperidine rings is 2. The number of hydrogen-bond donors (Lipinski definition) is 0. The smallest absolute Gasteiger partial charge is 0.269 e. The molecule has 0 aliphatic carbocycles. The minimum Gasteiger partial charge on any atom is -0.326 e. The van der Waals surface area contributed by atoms with Gasteiger partial charge in [-0.1, -0.05) is 43.5 Å². The summed E-state index contributed by atoms with van der Waals surface area (Å²) in [5.74, 6) is 1.73. The number of nitro benzene ring substituents is 2. The molecular weight excluding hydrogens is 492 g/mol. The van der Waals surface area contributed by atoms with Gasteiger partial charge in [0, 0.05) is 37.1 Å². The molecule has 4 rings (SSSR count). The second-order valence-corrected chi connectivity index (χ2v) is 12.7. The van der Waals surface area contributed by atoms with Gasteiger partial charge in [-0.25, -0.2) is 0 Å². The van der Waals surface area contributed by atoms with Gasteiger partial charge in [0.15, 0.2) is 0 Å². The van der Waals surface area contributed by atoms with E-state index >= 15 is 0 Å². The van der Waals surface area contributed by atoms with Crippen LogP contribution in [0, 0.1) is 32.1 Å². The van der Waals surface area contributed by atoms with Crippen molar-refractivity contribution >= 4 is 11.4 Å². The molecule has 2 aromatic rings. The van der Waals surface area contributed by atoms with Gasteiger partial charge in [0.05, 0.1) is 63.2 Å². The monoisotopic (exact) mass is 538 g/mol. The maximum Gasteiger partial charge on any atom is 0.269 e. The van der Waals surface area contributed by atoms with Crippen molar-refractivity contribution < 1.29 is 18.8 Å². The van der Waals surface area contributed by atoms with E-state index in [0.29, 0.717) is 0 Å². The minimum atomic E-state index is -0.334. The van der Waals surface area contributed by atoms with E-state index in [0.717, 1.165) is 46.7 Å². The Morgan fingerprint density at radius 3 is 1.28 bits per heavy atom. The van der Waals surface area contributed by atoms with E-state index in [-0.39, 0.29) is 21.2 Å². The number of nitro groups is 2. The van der Waals surface area contributed by atoms with Crippen LogP contribution >= 0.6 is 0 Å². The second-order valence-electron chi connectivity index (χ2n) is 12.7. The van der Waals surface area contributed by atoms with E-state index in [1.54, 1.807) is 24.3 Å². The molecule has 2 heterocycles. The Balaban J connectivity index is 1.09. The predicted molar refractivity (Wildman–Crippen MR) is 154 cm³/mol. The quantitative estimate of drug-likeness (QED) is 0.184. The fraction of sp³-hybridized carbons (Fsp3) is 0.613. The van der Waals surface area contributed by atoms with Gasteiger partial charge in [0.2, 0.25) is 0 Å². The SMILES string of the molecule is C[N+]1(CCc2ccc([N+](=O)[O-])cc2)CCC(CCCC2CC[N+](C)(CCc3ccc([N+](=O)[O-])cc3)CC2)CC1. The molecule has 0 atom stereocenters. The zero-order valence-electron chi connectivity index (χ0n) is 23.8. The van der Waals surface area contributed by atoms with Crippen LogP contribution in [0.25, 0.3) is 0 Å². The van der Waals surface area contributed by atoms with Crippen LogP contribution in [0.15, 0.2) is 48.5 Å². The molecule has 8 heteroatoms. The largest absolute Gasteiger partial charge is 0.326 e. The summed E-state index contributed by atoms with van der Waals surface area (Å²) < 4.78 is 2.24. The molecule has 0 amide bonds. The molecule has 39 heavy (non-hydrogen) atoms. The molecule has 212 valence electrons. The number of hydrogen-bond acceptors (Lipinski definition) is 4. The first-order valence-electron chi connectivity index (χ1n) is 14.8. The van der Waals surface area contributed by atoms with Gasteiger partial charge < -0.3 is 8.97 Å². The van der Waals surface area contributed by atoms with Crippen molar-refractivity contribution in [2.75, 3.05) is 53.4 Å². The third-order valence-corrected chi connectivity index (χ3v) is 9.71. The van der Waals surface area contributed by atoms with Crippen molar-refractivity contribution in [1.29, 1.82) is 0 Å². The zero-order chi connectivity index (χ0) is 27.9. The van der Waals surface area contributed by atoms with Crippen LogP contribution < -0.4 is 0 Å². The highest BCUT2D eigenvalue weighted by molar-refractivity contribution is 5.33. The lowest BCUT2D eigenvalue weighted by molar-refractivity contribution is -0.915. The van der Waals surface area contributed by atoms with E-state index in [4.69, 9.17) is 0 Å². The van der Waals surface area contributed by atoms with Gasteiger partial charge in [-0.3, -0.25) is 20.2 Å². The van der Waals surface area contributed by atoms with Gasteiger partial charge in [-0.05, 0) is 48.6 Å². The third kappa shape index (κ3) is 8.57. The first-order valence-corrected chi connectivity index (χ1v) is 14.8. The number of non-ortho nitro benzene ring substituents is 2. The normalized spacial score (nSPS) is 27.2. The minimum absolute atomic E-state index is 0.168. The van der Waals surface area contributed by atoms with E-state index in [2.05, 4.69) is 14.1 Å². The molecular formula is C31H46N4O4+2. The number of likely N-dealkylation sites (N-methyl/N-ethyl adjacent to an activating group) is 2. The van der Waals surface area contributed by atoms with Gasteiger partial charge in [0.1, 0.15) is 0 Å². The average molecular weight is 539 g/mol. The molecule has 2 saturated heterocycles. The number of benzene rings is 2. The molecule has 0 radical (unpaired) electrons. The van der Waals surface area contributed by atoms with Crippen molar-refractivity contribution in [3.63, 3.8) is 0 Å². The molecule has 2 aliphatic heterocycles. The lowest BCUT2D eigenvalue weighted by Crippen LogP contribution is -2.51. The molecule has 2 aliphatic rings. The number of quaternary nitrogens is 2. The van der Waals surface area contributed by atoms with Crippen LogP contribution in [-0.4, -0.2) is 72.2 Å². The van der Waals surface area contributed by atoms with Crippen LogP contribution in [0.3, 0.4) is 0 Å². The van der Waals surface area contributed by atoms with Gasteiger partial charge >= 0.3 is 0 Å². The summed E-state index contributed by atoms with van der Waals surface area (Å²) in [7, 11) is 4.75. The zero-order valence-corrected chi connectivity index (χ0v) is 23.8. The van der Waals surface area contributed by atoms with Crippen LogP contribution in [0.2, 0.25) is 0 Å². The fourth-order valence-corrected chi connectivity index (χ4v) is 6.58. The molecule has 0 spiro atoms. The van der Waals surface area contributed by atoms with E-state index in [1.807, 2.05) is 24.3 Å². The Morgan fingerprint density at radius 1 is 0.641 bits per heavy atom. The van der Waals surface area contributed by atoms with Crippen molar-refractivity contribution in [1.82, 2.24) is 0 Å². The van der Waals surface area contributed by atoms with Crippen molar-refractivity contribution in [3.8, 4) is 0 Å². The highest BCUT2D eigenvalue weighted by Crippen LogP contribution is 2.31. The number of rotatable bonds is 12. The molecule has 0 bridgehead atoms. The summed E-state index contributed by atoms with van der Waals surface area (Å²) in [4.78, 5) is 21.1. The van der Waals surface area contributed by atoms with Crippen molar-refractivity contribution in [2.24, 2.45) is 11.8 Å². The Bertz CT molecular complexity index is 999. The molecule has 0 unspecified atom stereocenters. The van der Waals surface area contributed by atoms with Crippen molar-refractivity contribution in [2.45, 2.75) is 57.8 Å². The molecule has 2 fully saturated rings. The summed E-state index contributed by atoms with van der Waals surface area (Å²) in [6.07, 6.45) is 11.3. The van der Waals surface area contributed by atoms with Crippen molar-refractivity contribution in [3.05, 3.63) is 79.9 Å². The maximum atomic E-state index is 10.9. The number of nitrogens with zero attached hydrogens (tertiary/aromatic N) is 4. The second kappa shape index (κ2) is 13.0. The topological polar surface area (TPSA) is 86.3 Å². The highest BCUT2D eigenvalue weighted by Gasteiger charge is 2.31. The molecule has 0 saturated carbocycles. The summed E-state index contributed by atoms with van der Waals surface area (Å²) in [6.45, 7) is 7.18. The standard InChI is InChI=1S/C31H46N4O4/c1-34(24-18-28-6-10-30(11-7-28)32(36)37)20-14-26(15-21-34)4-3-5-27-16-22-35(2,23-17-27)25-19-29-8-12-31(13-9-29)33(38)39/h6-13,26-27H,3-5,14-25H2,1-2H3/q+2. The lowest BCUT2D eigenvalue weighted by Gasteiger charge is -2.41. The molecule has 2 aromatic carbocycles. The maximum absolute atomic E-state index is 10.9. The van der Waals surface area contributed by atoms with E-state index in [1.165, 1.54) is 82.3 Å². The Kier molecular flexibility index (Phi) is 9.72. The van der Waals surface area contributed by atoms with E-state index in [9.17, 15) is 20.2 Å². The Hall–Kier alpha value is -2.84. The summed E-state index contributed by atoms with van der Waals surface area (Å²) in [5, 5.41) is 21.7. The van der Waals surface area contributed by atoms with Crippen LogP contribution in [-0.2, 0) is 12.8 Å². The Morgan fingerprint density at radius 2 is 0.974 bits per heavy atom. The van der Waals surface area contributed by atoms with Gasteiger partial charge in [-0.15, -0.1) is 0 Å².